The molecule has 0 aromatic heterocycles. The molecule has 0 bridgehead atoms. The van der Waals surface area contributed by atoms with Crippen LogP contribution in [0.1, 0.15) is 11.1 Å². The zero-order chi connectivity index (χ0) is 23.2. The standard InChI is InChI=1S/C27H18BrFN2O2/c28-22-10-13-26(25(29)15-22)31-27(32)21(16-30)14-18-8-11-23(12-9-18)33-17-20-6-3-5-19-4-1-2-7-24(19)20/h1-15H,17H2,(H,31,32). The van der Waals surface area contributed by atoms with Gasteiger partial charge in [0.15, 0.2) is 0 Å². The lowest BCUT2D eigenvalue weighted by Gasteiger charge is -2.09. The zero-order valence-electron chi connectivity index (χ0n) is 17.4. The quantitative estimate of drug-likeness (QED) is 0.232. The van der Waals surface area contributed by atoms with E-state index < -0.39 is 11.7 Å². The lowest BCUT2D eigenvalue weighted by Crippen LogP contribution is -2.14. The number of ether oxygens (including phenoxy) is 1. The van der Waals surface area contributed by atoms with Crippen LogP contribution in [0.15, 0.2) is 95.0 Å². The molecule has 1 amide bonds. The summed E-state index contributed by atoms with van der Waals surface area (Å²) in [4.78, 5) is 12.4. The number of rotatable bonds is 6. The highest BCUT2D eigenvalue weighted by Crippen LogP contribution is 2.22. The van der Waals surface area contributed by atoms with E-state index in [1.54, 1.807) is 30.3 Å². The van der Waals surface area contributed by atoms with E-state index in [9.17, 15) is 14.4 Å². The monoisotopic (exact) mass is 500 g/mol. The molecule has 162 valence electrons. The fraction of sp³-hybridized carbons (Fsp3) is 0.0370. The molecular weight excluding hydrogens is 483 g/mol. The maximum absolute atomic E-state index is 14.0. The Morgan fingerprint density at radius 3 is 2.55 bits per heavy atom. The highest BCUT2D eigenvalue weighted by molar-refractivity contribution is 9.10. The minimum atomic E-state index is -0.685. The molecule has 0 spiro atoms. The second-order valence-electron chi connectivity index (χ2n) is 7.24. The molecule has 0 fully saturated rings. The van der Waals surface area contributed by atoms with Crippen LogP contribution in [0, 0.1) is 17.1 Å². The van der Waals surface area contributed by atoms with Crippen molar-refractivity contribution < 1.29 is 13.9 Å². The fourth-order valence-corrected chi connectivity index (χ4v) is 3.67. The molecule has 0 aliphatic rings. The summed E-state index contributed by atoms with van der Waals surface area (Å²) in [7, 11) is 0. The number of amides is 1. The van der Waals surface area contributed by atoms with Gasteiger partial charge in [0, 0.05) is 4.47 Å². The number of carbonyl (C=O) groups excluding carboxylic acids is 1. The number of halogens is 2. The molecule has 33 heavy (non-hydrogen) atoms. The second kappa shape index (κ2) is 10.1. The summed E-state index contributed by atoms with van der Waals surface area (Å²) < 4.78 is 20.4. The summed E-state index contributed by atoms with van der Waals surface area (Å²) >= 11 is 3.16. The molecule has 0 saturated heterocycles. The Balaban J connectivity index is 1.44. The highest BCUT2D eigenvalue weighted by atomic mass is 79.9. The van der Waals surface area contributed by atoms with Crippen LogP contribution in [0.2, 0.25) is 0 Å². The van der Waals surface area contributed by atoms with Crippen LogP contribution in [0.25, 0.3) is 16.8 Å². The maximum Gasteiger partial charge on any atom is 0.266 e. The smallest absolute Gasteiger partial charge is 0.266 e. The number of nitriles is 1. The van der Waals surface area contributed by atoms with E-state index in [-0.39, 0.29) is 11.3 Å². The van der Waals surface area contributed by atoms with Gasteiger partial charge in [0.2, 0.25) is 0 Å². The van der Waals surface area contributed by atoms with Crippen molar-refractivity contribution in [2.45, 2.75) is 6.61 Å². The van der Waals surface area contributed by atoms with Gasteiger partial charge in [-0.1, -0.05) is 70.5 Å². The van der Waals surface area contributed by atoms with Crippen molar-refractivity contribution in [3.05, 3.63) is 112 Å². The number of fused-ring (bicyclic) bond motifs is 1. The Labute approximate surface area is 199 Å². The van der Waals surface area contributed by atoms with Crippen molar-refractivity contribution in [3.8, 4) is 11.8 Å². The van der Waals surface area contributed by atoms with Gasteiger partial charge in [0.25, 0.3) is 5.91 Å². The van der Waals surface area contributed by atoms with Crippen molar-refractivity contribution in [3.63, 3.8) is 0 Å². The van der Waals surface area contributed by atoms with Crippen molar-refractivity contribution >= 4 is 44.4 Å². The molecular formula is C27H18BrFN2O2. The van der Waals surface area contributed by atoms with Crippen LogP contribution in [0.4, 0.5) is 10.1 Å². The second-order valence-corrected chi connectivity index (χ2v) is 8.16. The first-order chi connectivity index (χ1) is 16.0. The third kappa shape index (κ3) is 5.46. The third-order valence-corrected chi connectivity index (χ3v) is 5.50. The van der Waals surface area contributed by atoms with Crippen molar-refractivity contribution in [1.29, 1.82) is 5.26 Å². The topological polar surface area (TPSA) is 62.1 Å². The van der Waals surface area contributed by atoms with Gasteiger partial charge in [-0.25, -0.2) is 4.39 Å². The first-order valence-electron chi connectivity index (χ1n) is 10.1. The Morgan fingerprint density at radius 1 is 1.03 bits per heavy atom. The SMILES string of the molecule is N#CC(=Cc1ccc(OCc2cccc3ccccc23)cc1)C(=O)Nc1ccc(Br)cc1F. The number of benzene rings is 4. The predicted molar refractivity (Wildman–Crippen MR) is 131 cm³/mol. The van der Waals surface area contributed by atoms with Crippen molar-refractivity contribution in [2.75, 3.05) is 5.32 Å². The van der Waals surface area contributed by atoms with Crippen LogP contribution in [0.5, 0.6) is 5.75 Å². The summed E-state index contributed by atoms with van der Waals surface area (Å²) in [5, 5.41) is 14.1. The minimum Gasteiger partial charge on any atom is -0.489 e. The van der Waals surface area contributed by atoms with Gasteiger partial charge < -0.3 is 10.1 Å². The summed E-state index contributed by atoms with van der Waals surface area (Å²) in [5.41, 5.74) is 1.60. The molecule has 0 aliphatic heterocycles. The maximum atomic E-state index is 14.0. The molecule has 0 saturated carbocycles. The number of carbonyl (C=O) groups is 1. The van der Waals surface area contributed by atoms with Crippen LogP contribution in [-0.4, -0.2) is 5.91 Å². The van der Waals surface area contributed by atoms with E-state index >= 15 is 0 Å². The van der Waals surface area contributed by atoms with E-state index in [0.717, 1.165) is 16.3 Å². The summed E-state index contributed by atoms with van der Waals surface area (Å²) in [6.07, 6.45) is 1.45. The van der Waals surface area contributed by atoms with Gasteiger partial charge in [0.1, 0.15) is 29.8 Å². The lowest BCUT2D eigenvalue weighted by atomic mass is 10.1. The molecule has 0 aliphatic carbocycles. The van der Waals surface area contributed by atoms with E-state index in [1.807, 2.05) is 30.3 Å². The number of anilines is 1. The Kier molecular flexibility index (Phi) is 6.82. The molecule has 6 heteroatoms. The number of hydrogen-bond acceptors (Lipinski definition) is 3. The van der Waals surface area contributed by atoms with E-state index in [2.05, 4.69) is 39.4 Å². The van der Waals surface area contributed by atoms with E-state index in [1.165, 1.54) is 18.2 Å². The van der Waals surface area contributed by atoms with Gasteiger partial charge in [-0.2, -0.15) is 5.26 Å². The van der Waals surface area contributed by atoms with Gasteiger partial charge in [-0.05, 0) is 58.3 Å². The molecule has 4 nitrogen and oxygen atoms in total. The summed E-state index contributed by atoms with van der Waals surface area (Å²) in [5.74, 6) is -0.613. The zero-order valence-corrected chi connectivity index (χ0v) is 19.0. The minimum absolute atomic E-state index is 0.00142. The average Bonchev–Trinajstić information content (AvgIpc) is 2.83. The fourth-order valence-electron chi connectivity index (χ4n) is 3.34. The van der Waals surface area contributed by atoms with Crippen LogP contribution >= 0.6 is 15.9 Å². The molecule has 1 N–H and O–H groups in total. The van der Waals surface area contributed by atoms with Gasteiger partial charge >= 0.3 is 0 Å². The van der Waals surface area contributed by atoms with Gasteiger partial charge in [0.05, 0.1) is 5.69 Å². The molecule has 4 rings (SSSR count). The van der Waals surface area contributed by atoms with Gasteiger partial charge in [-0.15, -0.1) is 0 Å². The Morgan fingerprint density at radius 2 is 1.79 bits per heavy atom. The number of hydrogen-bond donors (Lipinski definition) is 1. The Hall–Kier alpha value is -3.95. The highest BCUT2D eigenvalue weighted by Gasteiger charge is 2.12. The lowest BCUT2D eigenvalue weighted by molar-refractivity contribution is -0.112. The van der Waals surface area contributed by atoms with E-state index in [4.69, 9.17) is 4.74 Å². The summed E-state index contributed by atoms with van der Waals surface area (Å²) in [6, 6.07) is 27.4. The van der Waals surface area contributed by atoms with Crippen LogP contribution < -0.4 is 10.1 Å². The largest absolute Gasteiger partial charge is 0.489 e. The molecule has 0 heterocycles. The predicted octanol–water partition coefficient (Wildman–Crippen LogP) is 6.87. The van der Waals surface area contributed by atoms with Crippen molar-refractivity contribution in [1.82, 2.24) is 0 Å². The third-order valence-electron chi connectivity index (χ3n) is 5.01. The summed E-state index contributed by atoms with van der Waals surface area (Å²) in [6.45, 7) is 0.418. The molecule has 4 aromatic carbocycles. The average molecular weight is 501 g/mol. The van der Waals surface area contributed by atoms with Crippen LogP contribution in [-0.2, 0) is 11.4 Å². The molecule has 4 aromatic rings. The molecule has 0 atom stereocenters. The first-order valence-corrected chi connectivity index (χ1v) is 10.9. The van der Waals surface area contributed by atoms with Crippen LogP contribution in [0.3, 0.4) is 0 Å². The van der Waals surface area contributed by atoms with E-state index in [0.29, 0.717) is 22.4 Å². The normalized spacial score (nSPS) is 11.1. The number of nitrogens with zero attached hydrogens (tertiary/aromatic N) is 1. The van der Waals surface area contributed by atoms with Crippen molar-refractivity contribution in [2.24, 2.45) is 0 Å². The Bertz CT molecular complexity index is 1390. The van der Waals surface area contributed by atoms with Gasteiger partial charge in [-0.3, -0.25) is 4.79 Å². The molecule has 0 radical (unpaired) electrons. The molecule has 0 unspecified atom stereocenters. The first kappa shape index (κ1) is 22.3. The number of nitrogens with one attached hydrogen (secondary N) is 1.